The third-order valence-electron chi connectivity index (χ3n) is 18.4. The summed E-state index contributed by atoms with van der Waals surface area (Å²) >= 11 is 0. The molecule has 14 aromatic rings. The number of carboxylic acids is 10. The molecule has 0 amide bonds. The molecule has 8 aromatic carbocycles. The van der Waals surface area contributed by atoms with E-state index in [0.29, 0.717) is 55.1 Å². The Morgan fingerprint density at radius 3 is 0.721 bits per heavy atom. The minimum atomic E-state index is -2.17. The quantitative estimate of drug-likeness (QED) is 0.0576. The molecule has 12 N–H and O–H groups in total. The fraction of sp³-hybridized carbons (Fsp3) is 0. The standard InChI is InChI=1S/2C37H18N8O10.Ni/c2*46-33(47)17-11-5-10-16-18(17)30-43-29(16)41-27-13-7-2-1-6-12(13)25(39-27)38-26-14-8-3-4-9-15(14)28(40-26)42-31-19-20(32(44-30)45-31)22(35(50)51)24(37(54)55)23(36(52)53)21(19)34(48)49;/h2*1-11H,(H,46,47)(H,48,49)(H,50,51)(H,52,53)(H,54,55)(H2,38,39,40,41,42,43,44,45);/q;;+2/p-2. The first-order chi connectivity index (χ1) is 52.8. The van der Waals surface area contributed by atoms with Gasteiger partial charge in [0.2, 0.25) is 0 Å². The van der Waals surface area contributed by atoms with Crippen LogP contribution in [0.3, 0.4) is 0 Å². The summed E-state index contributed by atoms with van der Waals surface area (Å²) in [5.74, 6) is -20.0. The van der Waals surface area contributed by atoms with Crippen LogP contribution in [0.5, 0.6) is 0 Å². The zero-order chi connectivity index (χ0) is 76.9. The molecule has 0 fully saturated rings. The largest absolute Gasteiger partial charge is 2.00 e. The Hall–Kier alpha value is -16.3. The van der Waals surface area contributed by atoms with E-state index in [0.717, 1.165) is 0 Å². The Balaban J connectivity index is 0.000000167. The molecule has 540 valence electrons. The minimum absolute atomic E-state index is 0. The van der Waals surface area contributed by atoms with Crippen molar-refractivity contribution in [2.45, 2.75) is 0 Å². The normalized spacial score (nSPS) is 11.5. The fourth-order valence-electron chi connectivity index (χ4n) is 14.0. The smallest absolute Gasteiger partial charge is 0.545 e. The number of nitrogens with one attached hydrogen (secondary N) is 4. The van der Waals surface area contributed by atoms with E-state index in [4.69, 9.17) is 19.9 Å². The molecule has 6 aromatic heterocycles. The first-order valence-electron chi connectivity index (χ1n) is 31.9. The van der Waals surface area contributed by atoms with Gasteiger partial charge in [-0.05, 0) is 12.1 Å². The molecule has 18 rings (SSSR count). The average Bonchev–Trinajstić information content (AvgIpc) is 1.62. The monoisotopic (exact) mass is 1520 g/mol. The summed E-state index contributed by atoms with van der Waals surface area (Å²) in [5, 5.41) is 108. The van der Waals surface area contributed by atoms with Gasteiger partial charge in [0.05, 0.1) is 56.4 Å². The van der Waals surface area contributed by atoms with Crippen LogP contribution in [0.25, 0.3) is 179 Å². The fourth-order valence-corrected chi connectivity index (χ4v) is 14.0. The number of carbonyl (C=O) groups excluding carboxylic acids is 2. The van der Waals surface area contributed by atoms with Gasteiger partial charge in [-0.3, -0.25) is 0 Å². The summed E-state index contributed by atoms with van der Waals surface area (Å²) in [6.07, 6.45) is 0. The predicted octanol–water partition coefficient (Wildman–Crippen LogP) is 8.05. The van der Waals surface area contributed by atoms with E-state index in [-0.39, 0.29) is 108 Å². The van der Waals surface area contributed by atoms with Crippen LogP contribution in [0.1, 0.15) is 104 Å². The molecule has 0 spiro atoms. The van der Waals surface area contributed by atoms with Gasteiger partial charge in [0.1, 0.15) is 45.2 Å². The molecule has 0 saturated carbocycles. The van der Waals surface area contributed by atoms with E-state index < -0.39 is 148 Å². The number of carboxylic acid groups (broad SMARTS) is 10. The van der Waals surface area contributed by atoms with Crippen molar-refractivity contribution in [3.63, 3.8) is 0 Å². The second-order valence-corrected chi connectivity index (χ2v) is 24.4. The molecule has 37 heteroatoms. The second-order valence-electron chi connectivity index (χ2n) is 24.4. The third-order valence-corrected chi connectivity index (χ3v) is 18.4. The van der Waals surface area contributed by atoms with Gasteiger partial charge in [0, 0.05) is 98.7 Å². The number of carbonyl (C=O) groups is 10. The van der Waals surface area contributed by atoms with E-state index in [2.05, 4.69) is 59.8 Å². The first-order valence-corrected chi connectivity index (χ1v) is 31.9. The van der Waals surface area contributed by atoms with Crippen molar-refractivity contribution in [1.82, 2.24) is 79.7 Å². The maximum absolute atomic E-state index is 13.0. The van der Waals surface area contributed by atoms with Crippen LogP contribution in [-0.4, -0.2) is 180 Å². The summed E-state index contributed by atoms with van der Waals surface area (Å²) in [7, 11) is 0. The van der Waals surface area contributed by atoms with Gasteiger partial charge in [-0.1, -0.05) is 121 Å². The van der Waals surface area contributed by atoms with Crippen molar-refractivity contribution in [2.75, 3.05) is 0 Å². The van der Waals surface area contributed by atoms with Crippen LogP contribution in [0.15, 0.2) is 133 Å². The predicted molar refractivity (Wildman–Crippen MR) is 376 cm³/mol. The molecular formula is C74H34N16NiO20. The number of benzene rings is 8. The molecule has 0 aliphatic carbocycles. The Morgan fingerprint density at radius 1 is 0.234 bits per heavy atom. The second kappa shape index (κ2) is 25.5. The summed E-state index contributed by atoms with van der Waals surface area (Å²) in [4.78, 5) is 195. The number of hydrogen-bond donors (Lipinski definition) is 12. The maximum atomic E-state index is 13.0. The Kier molecular flexibility index (Phi) is 15.9. The molecule has 0 radical (unpaired) electrons. The number of aromatic amines is 4. The summed E-state index contributed by atoms with van der Waals surface area (Å²) in [6, 6.07) is 36.3. The number of aromatic carboxylic acids is 10. The molecule has 10 heterocycles. The van der Waals surface area contributed by atoms with Crippen LogP contribution in [0.4, 0.5) is 0 Å². The molecule has 111 heavy (non-hydrogen) atoms. The summed E-state index contributed by atoms with van der Waals surface area (Å²) < 4.78 is 0. The molecule has 36 nitrogen and oxygen atoms in total. The first kappa shape index (κ1) is 69.1. The van der Waals surface area contributed by atoms with E-state index in [1.165, 1.54) is 36.4 Å². The van der Waals surface area contributed by atoms with Gasteiger partial charge >= 0.3 is 64.2 Å². The topological polar surface area (TPSA) is 596 Å². The van der Waals surface area contributed by atoms with Gasteiger partial charge in [-0.25, -0.2) is 98.2 Å². The molecule has 4 aliphatic rings. The molecule has 4 aliphatic heterocycles. The molecule has 0 atom stereocenters. The molecular weight excluding hydrogens is 1490 g/mol. The zero-order valence-electron chi connectivity index (χ0n) is 54.9. The van der Waals surface area contributed by atoms with Crippen molar-refractivity contribution in [1.29, 1.82) is 0 Å². The maximum Gasteiger partial charge on any atom is 2.00 e. The van der Waals surface area contributed by atoms with Gasteiger partial charge in [-0.15, -0.1) is 0 Å². The van der Waals surface area contributed by atoms with E-state index in [9.17, 15) is 99.0 Å². The average molecular weight is 1530 g/mol. The van der Waals surface area contributed by atoms with Gasteiger partial charge in [0.25, 0.3) is 0 Å². The Labute approximate surface area is 620 Å². The Morgan fingerprint density at radius 2 is 0.450 bits per heavy atom. The van der Waals surface area contributed by atoms with Crippen LogP contribution in [0, 0.1) is 0 Å². The van der Waals surface area contributed by atoms with Gasteiger partial charge in [0.15, 0.2) is 46.6 Å². The van der Waals surface area contributed by atoms with Crippen LogP contribution in [0.2, 0.25) is 0 Å². The number of nitrogens with zero attached hydrogens (tertiary/aromatic N) is 12. The van der Waals surface area contributed by atoms with Crippen molar-refractivity contribution in [2.24, 2.45) is 0 Å². The van der Waals surface area contributed by atoms with Crippen LogP contribution >= 0.6 is 0 Å². The number of aromatic nitrogens is 16. The van der Waals surface area contributed by atoms with Crippen LogP contribution in [-0.2, 0) is 16.5 Å². The van der Waals surface area contributed by atoms with Crippen molar-refractivity contribution < 1.29 is 116 Å². The number of H-pyrrole nitrogens is 4. The minimum Gasteiger partial charge on any atom is -0.545 e. The van der Waals surface area contributed by atoms with E-state index in [1.54, 1.807) is 97.1 Å². The third kappa shape index (κ3) is 10.7. The van der Waals surface area contributed by atoms with Gasteiger partial charge in [-0.2, -0.15) is 0 Å². The summed E-state index contributed by atoms with van der Waals surface area (Å²) in [6.45, 7) is 0. The van der Waals surface area contributed by atoms with Crippen molar-refractivity contribution in [3.05, 3.63) is 189 Å². The molecule has 16 bridgehead atoms. The number of rotatable bonds is 10. The molecule has 0 saturated heterocycles. The van der Waals surface area contributed by atoms with Crippen molar-refractivity contribution in [3.8, 4) is 91.1 Å². The number of hydrogen-bond acceptors (Lipinski definition) is 24. The van der Waals surface area contributed by atoms with Crippen LogP contribution < -0.4 is 10.2 Å². The van der Waals surface area contributed by atoms with Crippen molar-refractivity contribution >= 4 is 148 Å². The van der Waals surface area contributed by atoms with E-state index in [1.807, 2.05) is 0 Å². The Bertz CT molecular complexity index is 6770. The van der Waals surface area contributed by atoms with Gasteiger partial charge < -0.3 is 80.6 Å². The number of fused-ring (bicyclic) bond motifs is 40. The summed E-state index contributed by atoms with van der Waals surface area (Å²) in [5.41, 5.74) is -9.72. The SMILES string of the molecule is O=C(O)c1cccc2c1-c1nc-2nc2[nH]c(nc3nc(nc4[nH]c(n1)c1c(C(=O)O)c(C(=O)O)c(C(=O)O)c(C(=O)[O-])c41)-c1ccccc1-3)c1ccccc21.O=C(O)c1cccc2c1-c1nc-2nc2[nH]c(nc3nc(nc4[nH]c(n1)c1c(C(=O)O)c(C(=O)O)c(C(=O)O)c(C(=O)[O-])c41)-c1ccccc1-3)c1ccccc21.[Ni+2]. The van der Waals surface area contributed by atoms with E-state index >= 15 is 0 Å². The zero-order valence-corrected chi connectivity index (χ0v) is 55.8. The molecule has 0 unspecified atom stereocenters.